The number of nitrogens with one attached hydrogen (secondary N) is 1. The Balaban J connectivity index is 1.59. The molecule has 1 aromatic carbocycles. The zero-order valence-corrected chi connectivity index (χ0v) is 18.3. The summed E-state index contributed by atoms with van der Waals surface area (Å²) in [7, 11) is -2.28. The van der Waals surface area contributed by atoms with Gasteiger partial charge in [-0.1, -0.05) is 0 Å². The van der Waals surface area contributed by atoms with Crippen molar-refractivity contribution in [2.24, 2.45) is 13.0 Å². The molecule has 6 nitrogen and oxygen atoms in total. The second-order valence-corrected chi connectivity index (χ2v) is 10.5. The van der Waals surface area contributed by atoms with Crippen molar-refractivity contribution in [3.63, 3.8) is 0 Å². The molecule has 4 rings (SSSR count). The lowest BCUT2D eigenvalue weighted by atomic mass is 9.88. The van der Waals surface area contributed by atoms with E-state index in [1.165, 1.54) is 21.5 Å². The van der Waals surface area contributed by atoms with E-state index in [-0.39, 0.29) is 54.8 Å². The molecular formula is C21H26F3N3O3S. The Morgan fingerprint density at radius 2 is 1.81 bits per heavy atom. The summed E-state index contributed by atoms with van der Waals surface area (Å²) in [6.07, 6.45) is 1.42. The monoisotopic (exact) mass is 457 g/mol. The maximum Gasteiger partial charge on any atom is 0.296 e. The third-order valence-corrected chi connectivity index (χ3v) is 7.77. The van der Waals surface area contributed by atoms with Crippen molar-refractivity contribution in [1.82, 2.24) is 9.36 Å². The average Bonchev–Trinajstić information content (AvgIpc) is 3.50. The molecule has 1 aromatic heterocycles. The highest BCUT2D eigenvalue weighted by Gasteiger charge is 2.36. The number of benzene rings is 1. The number of hydrogen-bond donors (Lipinski definition) is 1. The van der Waals surface area contributed by atoms with Gasteiger partial charge in [-0.3, -0.25) is 14.2 Å². The van der Waals surface area contributed by atoms with Gasteiger partial charge in [0.05, 0.1) is 17.1 Å². The summed E-state index contributed by atoms with van der Waals surface area (Å²) in [4.78, 5) is 13.1. The van der Waals surface area contributed by atoms with Gasteiger partial charge in [0.1, 0.15) is 11.5 Å². The van der Waals surface area contributed by atoms with Crippen LogP contribution in [-0.4, -0.2) is 29.5 Å². The standard InChI is InChI=1S/C21H26F3N3O3S/c1-13-19(25-31(29,30)12-14-7-9-21(23,24)10-8-14)20(28)27(26(13)2)16-5-6-18(22)17(11-16)15-3-4-15/h5-6,11,14-15,25H,3-4,7-10,12H2,1-2H3. The predicted octanol–water partition coefficient (Wildman–Crippen LogP) is 4.07. The number of nitrogens with zero attached hydrogens (tertiary/aromatic N) is 2. The Bertz CT molecular complexity index is 1160. The molecule has 1 N–H and O–H groups in total. The first-order valence-corrected chi connectivity index (χ1v) is 12.1. The molecule has 0 spiro atoms. The van der Waals surface area contributed by atoms with Crippen LogP contribution in [0.15, 0.2) is 23.0 Å². The van der Waals surface area contributed by atoms with Gasteiger partial charge >= 0.3 is 0 Å². The second kappa shape index (κ2) is 7.72. The summed E-state index contributed by atoms with van der Waals surface area (Å²) in [5.74, 6) is -3.57. The fraction of sp³-hybridized carbons (Fsp3) is 0.571. The first-order valence-electron chi connectivity index (χ1n) is 10.4. The number of halogens is 3. The van der Waals surface area contributed by atoms with Crippen molar-refractivity contribution in [2.45, 2.75) is 57.3 Å². The van der Waals surface area contributed by atoms with Gasteiger partial charge in [0.25, 0.3) is 5.56 Å². The summed E-state index contributed by atoms with van der Waals surface area (Å²) in [6.45, 7) is 1.61. The second-order valence-electron chi connectivity index (χ2n) is 8.76. The lowest BCUT2D eigenvalue weighted by Gasteiger charge is -2.27. The fourth-order valence-electron chi connectivity index (χ4n) is 4.26. The molecule has 2 aliphatic rings. The first-order chi connectivity index (χ1) is 14.5. The molecule has 0 bridgehead atoms. The van der Waals surface area contributed by atoms with E-state index in [9.17, 15) is 26.4 Å². The van der Waals surface area contributed by atoms with E-state index in [0.717, 1.165) is 12.8 Å². The summed E-state index contributed by atoms with van der Waals surface area (Å²) in [5.41, 5.74) is 0.771. The predicted molar refractivity (Wildman–Crippen MR) is 112 cm³/mol. The summed E-state index contributed by atoms with van der Waals surface area (Å²) < 4.78 is 71.4. The van der Waals surface area contributed by atoms with Crippen LogP contribution in [0.25, 0.3) is 5.69 Å². The molecule has 2 saturated carbocycles. The van der Waals surface area contributed by atoms with Crippen LogP contribution in [0, 0.1) is 18.7 Å². The van der Waals surface area contributed by atoms with Crippen LogP contribution in [0.1, 0.15) is 55.7 Å². The van der Waals surface area contributed by atoms with Gasteiger partial charge in [-0.05, 0) is 68.2 Å². The van der Waals surface area contributed by atoms with Crippen LogP contribution >= 0.6 is 0 Å². The minimum atomic E-state index is -3.90. The van der Waals surface area contributed by atoms with Crippen molar-refractivity contribution in [3.8, 4) is 5.69 Å². The average molecular weight is 458 g/mol. The highest BCUT2D eigenvalue weighted by molar-refractivity contribution is 7.92. The first kappa shape index (κ1) is 22.0. The Labute approximate surface area is 179 Å². The number of aromatic nitrogens is 2. The van der Waals surface area contributed by atoms with E-state index in [4.69, 9.17) is 0 Å². The molecule has 170 valence electrons. The number of hydrogen-bond acceptors (Lipinski definition) is 3. The van der Waals surface area contributed by atoms with E-state index < -0.39 is 21.5 Å². The van der Waals surface area contributed by atoms with Gasteiger partial charge < -0.3 is 0 Å². The van der Waals surface area contributed by atoms with Crippen molar-refractivity contribution >= 4 is 15.7 Å². The lowest BCUT2D eigenvalue weighted by molar-refractivity contribution is -0.0435. The SMILES string of the molecule is Cc1c(NS(=O)(=O)CC2CCC(F)(F)CC2)c(=O)n(-c2ccc(F)c(C3CC3)c2)n1C. The van der Waals surface area contributed by atoms with E-state index in [1.54, 1.807) is 20.0 Å². The van der Waals surface area contributed by atoms with E-state index in [2.05, 4.69) is 4.72 Å². The molecule has 2 aliphatic carbocycles. The Hall–Kier alpha value is -2.23. The highest BCUT2D eigenvalue weighted by Crippen LogP contribution is 2.42. The largest absolute Gasteiger partial charge is 0.296 e. The number of alkyl halides is 2. The van der Waals surface area contributed by atoms with Crippen LogP contribution in [-0.2, 0) is 17.1 Å². The van der Waals surface area contributed by atoms with E-state index in [1.807, 2.05) is 0 Å². The Morgan fingerprint density at radius 3 is 2.42 bits per heavy atom. The van der Waals surface area contributed by atoms with Gasteiger partial charge in [-0.25, -0.2) is 26.3 Å². The fourth-order valence-corrected chi connectivity index (χ4v) is 5.84. The third kappa shape index (κ3) is 4.53. The smallest absolute Gasteiger partial charge is 0.283 e. The molecular weight excluding hydrogens is 431 g/mol. The Kier molecular flexibility index (Phi) is 5.47. The van der Waals surface area contributed by atoms with Gasteiger partial charge in [0, 0.05) is 19.9 Å². The van der Waals surface area contributed by atoms with E-state index >= 15 is 0 Å². The molecule has 10 heteroatoms. The maximum atomic E-state index is 14.1. The summed E-state index contributed by atoms with van der Waals surface area (Å²) >= 11 is 0. The molecule has 0 unspecified atom stereocenters. The van der Waals surface area contributed by atoms with Crippen molar-refractivity contribution < 1.29 is 21.6 Å². The van der Waals surface area contributed by atoms with Crippen molar-refractivity contribution in [3.05, 3.63) is 45.6 Å². The summed E-state index contributed by atoms with van der Waals surface area (Å²) in [6, 6.07) is 4.44. The molecule has 2 fully saturated rings. The van der Waals surface area contributed by atoms with Crippen LogP contribution in [0.4, 0.5) is 18.9 Å². The van der Waals surface area contributed by atoms with E-state index in [0.29, 0.717) is 16.9 Å². The number of sulfonamides is 1. The molecule has 31 heavy (non-hydrogen) atoms. The zero-order valence-electron chi connectivity index (χ0n) is 17.5. The van der Waals surface area contributed by atoms with Crippen LogP contribution < -0.4 is 10.3 Å². The Morgan fingerprint density at radius 1 is 1.16 bits per heavy atom. The van der Waals surface area contributed by atoms with Crippen LogP contribution in [0.3, 0.4) is 0 Å². The highest BCUT2D eigenvalue weighted by atomic mass is 32.2. The van der Waals surface area contributed by atoms with Crippen LogP contribution in [0.5, 0.6) is 0 Å². The topological polar surface area (TPSA) is 73.1 Å². The molecule has 2 aromatic rings. The number of rotatable bonds is 6. The van der Waals surface area contributed by atoms with Gasteiger partial charge in [0.15, 0.2) is 0 Å². The number of anilines is 1. The zero-order chi connectivity index (χ0) is 22.6. The quantitative estimate of drug-likeness (QED) is 0.711. The minimum Gasteiger partial charge on any atom is -0.283 e. The molecule has 1 heterocycles. The minimum absolute atomic E-state index is 0.0825. The molecule has 0 atom stereocenters. The molecule has 0 saturated heterocycles. The third-order valence-electron chi connectivity index (χ3n) is 6.34. The lowest BCUT2D eigenvalue weighted by Crippen LogP contribution is -2.31. The van der Waals surface area contributed by atoms with Gasteiger partial charge in [-0.15, -0.1) is 0 Å². The maximum absolute atomic E-state index is 14.1. The van der Waals surface area contributed by atoms with Crippen LogP contribution in [0.2, 0.25) is 0 Å². The summed E-state index contributed by atoms with van der Waals surface area (Å²) in [5, 5.41) is 0. The van der Waals surface area contributed by atoms with Crippen molar-refractivity contribution in [1.29, 1.82) is 0 Å². The van der Waals surface area contributed by atoms with Gasteiger partial charge in [-0.2, -0.15) is 0 Å². The molecule has 0 aliphatic heterocycles. The normalized spacial score (nSPS) is 19.5. The van der Waals surface area contributed by atoms with Gasteiger partial charge in [0.2, 0.25) is 15.9 Å². The molecule has 0 radical (unpaired) electrons. The molecule has 0 amide bonds. The van der Waals surface area contributed by atoms with Crippen molar-refractivity contribution in [2.75, 3.05) is 10.5 Å².